The maximum atomic E-state index is 12.4. The van der Waals surface area contributed by atoms with E-state index in [4.69, 9.17) is 21.7 Å². The molecule has 1 atom stereocenters. The van der Waals surface area contributed by atoms with Gasteiger partial charge in [-0.15, -0.1) is 0 Å². The number of thiocarbonyl (C=S) groups is 1. The standard InChI is InChI=1S/C19H25N3O5S/c1-3-4-11-27-16(23)12-15-18(25)20-9-10-22(15)19(28)21-17(24)13-5-7-14(26-2)8-6-13/h5-8,15H,3-4,9-12H2,1-2H3,(H,20,25)(H,21,24,28)/t15-/m0/s1. The van der Waals surface area contributed by atoms with Gasteiger partial charge in [-0.1, -0.05) is 13.3 Å². The second kappa shape index (κ2) is 10.6. The molecule has 2 rings (SSSR count). The molecule has 152 valence electrons. The second-order valence-electron chi connectivity index (χ2n) is 6.27. The lowest BCUT2D eigenvalue weighted by atomic mass is 10.1. The van der Waals surface area contributed by atoms with Gasteiger partial charge in [0, 0.05) is 18.7 Å². The first-order chi connectivity index (χ1) is 13.5. The SMILES string of the molecule is CCCCOC(=O)C[C@H]1C(=O)NCCN1C(=S)NC(=O)c1ccc(OC)cc1. The summed E-state index contributed by atoms with van der Waals surface area (Å²) in [7, 11) is 1.54. The number of amides is 2. The van der Waals surface area contributed by atoms with E-state index in [1.807, 2.05) is 6.92 Å². The van der Waals surface area contributed by atoms with Crippen molar-refractivity contribution in [1.82, 2.24) is 15.5 Å². The molecule has 1 saturated heterocycles. The number of benzene rings is 1. The average Bonchev–Trinajstić information content (AvgIpc) is 2.69. The Bertz CT molecular complexity index is 723. The Hall–Kier alpha value is -2.68. The number of esters is 1. The molecule has 1 aromatic rings. The molecule has 28 heavy (non-hydrogen) atoms. The molecule has 0 unspecified atom stereocenters. The Morgan fingerprint density at radius 2 is 2.04 bits per heavy atom. The van der Waals surface area contributed by atoms with Crippen molar-refractivity contribution in [3.63, 3.8) is 0 Å². The number of unbranched alkanes of at least 4 members (excludes halogenated alkanes) is 1. The van der Waals surface area contributed by atoms with Crippen LogP contribution in [0.15, 0.2) is 24.3 Å². The van der Waals surface area contributed by atoms with E-state index >= 15 is 0 Å². The molecule has 2 amide bonds. The molecule has 0 aliphatic carbocycles. The summed E-state index contributed by atoms with van der Waals surface area (Å²) in [6.45, 7) is 3.08. The lowest BCUT2D eigenvalue weighted by Crippen LogP contribution is -2.60. The third-order valence-electron chi connectivity index (χ3n) is 4.29. The largest absolute Gasteiger partial charge is 0.497 e. The van der Waals surface area contributed by atoms with Crippen LogP contribution in [-0.2, 0) is 14.3 Å². The van der Waals surface area contributed by atoms with Crippen molar-refractivity contribution in [2.24, 2.45) is 0 Å². The van der Waals surface area contributed by atoms with E-state index in [1.165, 1.54) is 0 Å². The summed E-state index contributed by atoms with van der Waals surface area (Å²) in [6, 6.07) is 5.75. The van der Waals surface area contributed by atoms with E-state index in [1.54, 1.807) is 36.3 Å². The highest BCUT2D eigenvalue weighted by molar-refractivity contribution is 7.80. The fourth-order valence-electron chi connectivity index (χ4n) is 2.69. The van der Waals surface area contributed by atoms with Gasteiger partial charge in [-0.05, 0) is 42.9 Å². The van der Waals surface area contributed by atoms with Crippen molar-refractivity contribution in [2.45, 2.75) is 32.2 Å². The smallest absolute Gasteiger partial charge is 0.308 e. The van der Waals surface area contributed by atoms with Gasteiger partial charge >= 0.3 is 5.97 Å². The highest BCUT2D eigenvalue weighted by atomic mass is 32.1. The number of hydrogen-bond acceptors (Lipinski definition) is 6. The topological polar surface area (TPSA) is 97.0 Å². The third kappa shape index (κ3) is 5.91. The predicted octanol–water partition coefficient (Wildman–Crippen LogP) is 1.24. The highest BCUT2D eigenvalue weighted by Crippen LogP contribution is 2.13. The number of nitrogens with zero attached hydrogens (tertiary/aromatic N) is 1. The maximum Gasteiger partial charge on any atom is 0.308 e. The van der Waals surface area contributed by atoms with Crippen molar-refractivity contribution in [3.8, 4) is 5.75 Å². The van der Waals surface area contributed by atoms with Crippen LogP contribution in [0, 0.1) is 0 Å². The van der Waals surface area contributed by atoms with Gasteiger partial charge in [-0.3, -0.25) is 19.7 Å². The summed E-state index contributed by atoms with van der Waals surface area (Å²) < 4.78 is 10.2. The molecule has 0 aromatic heterocycles. The second-order valence-corrected chi connectivity index (χ2v) is 6.65. The number of nitrogens with one attached hydrogen (secondary N) is 2. The van der Waals surface area contributed by atoms with E-state index in [0.717, 1.165) is 12.8 Å². The molecule has 0 saturated carbocycles. The number of carbonyl (C=O) groups is 3. The van der Waals surface area contributed by atoms with Crippen LogP contribution in [0.2, 0.25) is 0 Å². The van der Waals surface area contributed by atoms with E-state index in [9.17, 15) is 14.4 Å². The number of methoxy groups -OCH3 is 1. The summed E-state index contributed by atoms with van der Waals surface area (Å²) in [5, 5.41) is 5.44. The van der Waals surface area contributed by atoms with Gasteiger partial charge in [0.05, 0.1) is 20.1 Å². The molecular weight excluding hydrogens is 382 g/mol. The summed E-state index contributed by atoms with van der Waals surface area (Å²) in [5.74, 6) is -0.555. The molecule has 1 aliphatic rings. The third-order valence-corrected chi connectivity index (χ3v) is 4.62. The Kier molecular flexibility index (Phi) is 8.19. The molecule has 1 aliphatic heterocycles. The Morgan fingerprint density at radius 1 is 1.32 bits per heavy atom. The molecule has 1 fully saturated rings. The Labute approximate surface area is 169 Å². The number of piperazine rings is 1. The van der Waals surface area contributed by atoms with E-state index < -0.39 is 17.9 Å². The van der Waals surface area contributed by atoms with Gasteiger partial charge in [-0.25, -0.2) is 0 Å². The predicted molar refractivity (Wildman–Crippen MR) is 107 cm³/mol. The minimum absolute atomic E-state index is 0.0991. The van der Waals surface area contributed by atoms with Gasteiger partial charge in [0.25, 0.3) is 5.91 Å². The lowest BCUT2D eigenvalue weighted by molar-refractivity contribution is -0.147. The number of rotatable bonds is 7. The number of carbonyl (C=O) groups excluding carboxylic acids is 3. The number of hydrogen-bond donors (Lipinski definition) is 2. The van der Waals surface area contributed by atoms with E-state index in [-0.39, 0.29) is 17.4 Å². The molecular formula is C19H25N3O5S. The van der Waals surface area contributed by atoms with Crippen LogP contribution in [0.1, 0.15) is 36.5 Å². The first-order valence-electron chi connectivity index (χ1n) is 9.15. The first kappa shape index (κ1) is 21.6. The van der Waals surface area contributed by atoms with Crippen molar-refractivity contribution in [3.05, 3.63) is 29.8 Å². The summed E-state index contributed by atoms with van der Waals surface area (Å²) in [4.78, 5) is 38.3. The first-order valence-corrected chi connectivity index (χ1v) is 9.56. The number of ether oxygens (including phenoxy) is 2. The van der Waals surface area contributed by atoms with Gasteiger partial charge in [0.2, 0.25) is 5.91 Å². The van der Waals surface area contributed by atoms with Crippen LogP contribution in [-0.4, -0.2) is 60.6 Å². The van der Waals surface area contributed by atoms with Gasteiger partial charge < -0.3 is 19.7 Å². The minimum Gasteiger partial charge on any atom is -0.497 e. The van der Waals surface area contributed by atoms with Crippen LogP contribution >= 0.6 is 12.2 Å². The van der Waals surface area contributed by atoms with Crippen LogP contribution in [0.4, 0.5) is 0 Å². The van der Waals surface area contributed by atoms with Crippen molar-refractivity contribution in [1.29, 1.82) is 0 Å². The molecule has 1 aromatic carbocycles. The van der Waals surface area contributed by atoms with Crippen LogP contribution in [0.25, 0.3) is 0 Å². The van der Waals surface area contributed by atoms with Crippen molar-refractivity contribution < 1.29 is 23.9 Å². The normalized spacial score (nSPS) is 16.1. The zero-order chi connectivity index (χ0) is 20.5. The molecule has 0 spiro atoms. The maximum absolute atomic E-state index is 12.4. The van der Waals surface area contributed by atoms with Crippen LogP contribution in [0.5, 0.6) is 5.75 Å². The Morgan fingerprint density at radius 3 is 2.68 bits per heavy atom. The van der Waals surface area contributed by atoms with Crippen LogP contribution < -0.4 is 15.4 Å². The monoisotopic (exact) mass is 407 g/mol. The molecule has 0 bridgehead atoms. The molecule has 0 radical (unpaired) electrons. The fraction of sp³-hybridized carbons (Fsp3) is 0.474. The van der Waals surface area contributed by atoms with Crippen molar-refractivity contribution in [2.75, 3.05) is 26.8 Å². The summed E-state index contributed by atoms with van der Waals surface area (Å²) in [5.41, 5.74) is 0.403. The molecule has 8 nitrogen and oxygen atoms in total. The molecule has 1 heterocycles. The average molecular weight is 407 g/mol. The van der Waals surface area contributed by atoms with E-state index in [2.05, 4.69) is 10.6 Å². The molecule has 9 heteroatoms. The van der Waals surface area contributed by atoms with E-state index in [0.29, 0.717) is 31.0 Å². The summed E-state index contributed by atoms with van der Waals surface area (Å²) in [6.07, 6.45) is 1.54. The van der Waals surface area contributed by atoms with Gasteiger partial charge in [-0.2, -0.15) is 0 Å². The Balaban J connectivity index is 2.00. The lowest BCUT2D eigenvalue weighted by Gasteiger charge is -2.36. The highest BCUT2D eigenvalue weighted by Gasteiger charge is 2.34. The quantitative estimate of drug-likeness (QED) is 0.399. The van der Waals surface area contributed by atoms with Crippen LogP contribution in [0.3, 0.4) is 0 Å². The zero-order valence-corrected chi connectivity index (χ0v) is 16.8. The fourth-order valence-corrected chi connectivity index (χ4v) is 3.00. The van der Waals surface area contributed by atoms with Crippen molar-refractivity contribution >= 4 is 35.1 Å². The zero-order valence-electron chi connectivity index (χ0n) is 16.0. The summed E-state index contributed by atoms with van der Waals surface area (Å²) >= 11 is 5.33. The minimum atomic E-state index is -0.813. The van der Waals surface area contributed by atoms with Gasteiger partial charge in [0.15, 0.2) is 5.11 Å². The molecule has 2 N–H and O–H groups in total. The van der Waals surface area contributed by atoms with Gasteiger partial charge in [0.1, 0.15) is 11.8 Å².